The molecule has 1 aliphatic rings. The van der Waals surface area contributed by atoms with E-state index in [1.54, 1.807) is 7.11 Å². The number of aliphatic hydroxyl groups is 1. The van der Waals surface area contributed by atoms with Crippen LogP contribution < -0.4 is 19.5 Å². The molecule has 0 fully saturated rings. The first-order chi connectivity index (χ1) is 15.9. The molecular formula is C28H33NO4. The van der Waals surface area contributed by atoms with Crippen molar-refractivity contribution in [2.24, 2.45) is 0 Å². The highest BCUT2D eigenvalue weighted by atomic mass is 16.5. The highest BCUT2D eigenvalue weighted by Crippen LogP contribution is 2.53. The molecule has 0 aromatic heterocycles. The van der Waals surface area contributed by atoms with E-state index in [1.165, 1.54) is 11.1 Å². The van der Waals surface area contributed by atoms with Gasteiger partial charge in [0.1, 0.15) is 35.6 Å². The summed E-state index contributed by atoms with van der Waals surface area (Å²) in [5.41, 5.74) is 3.14. The Hall–Kier alpha value is -3.02. The molecule has 174 valence electrons. The van der Waals surface area contributed by atoms with Crippen molar-refractivity contribution in [2.45, 2.75) is 37.4 Å². The van der Waals surface area contributed by atoms with Crippen LogP contribution in [0.15, 0.2) is 72.8 Å². The first kappa shape index (κ1) is 23.1. The van der Waals surface area contributed by atoms with E-state index in [0.29, 0.717) is 6.54 Å². The van der Waals surface area contributed by atoms with Crippen LogP contribution in [-0.4, -0.2) is 44.1 Å². The van der Waals surface area contributed by atoms with Gasteiger partial charge >= 0.3 is 0 Å². The van der Waals surface area contributed by atoms with Crippen molar-refractivity contribution in [3.63, 3.8) is 0 Å². The molecule has 4 rings (SSSR count). The van der Waals surface area contributed by atoms with Crippen molar-refractivity contribution in [3.05, 3.63) is 89.5 Å². The van der Waals surface area contributed by atoms with Gasteiger partial charge in [0.25, 0.3) is 0 Å². The molecule has 3 aromatic rings. The van der Waals surface area contributed by atoms with Crippen molar-refractivity contribution < 1.29 is 19.3 Å². The zero-order valence-corrected chi connectivity index (χ0v) is 19.7. The second-order valence-electron chi connectivity index (χ2n) is 9.07. The van der Waals surface area contributed by atoms with Crippen molar-refractivity contribution in [2.75, 3.05) is 27.3 Å². The number of rotatable bonds is 8. The number of hydrogen-bond donors (Lipinski definition) is 2. The Kier molecular flexibility index (Phi) is 6.91. The minimum Gasteiger partial charge on any atom is -0.497 e. The highest BCUT2D eigenvalue weighted by molar-refractivity contribution is 5.52. The van der Waals surface area contributed by atoms with Crippen molar-refractivity contribution in [3.8, 4) is 17.2 Å². The Morgan fingerprint density at radius 1 is 0.970 bits per heavy atom. The van der Waals surface area contributed by atoms with E-state index in [0.717, 1.165) is 22.8 Å². The minimum atomic E-state index is -0.546. The Bertz CT molecular complexity index is 1050. The van der Waals surface area contributed by atoms with E-state index in [4.69, 9.17) is 14.2 Å². The molecule has 0 unspecified atom stereocenters. The van der Waals surface area contributed by atoms with Gasteiger partial charge in [-0.15, -0.1) is 0 Å². The summed E-state index contributed by atoms with van der Waals surface area (Å²) >= 11 is 0. The summed E-state index contributed by atoms with van der Waals surface area (Å²) in [6, 6.07) is 24.9. The van der Waals surface area contributed by atoms with Gasteiger partial charge in [0.2, 0.25) is 0 Å². The summed E-state index contributed by atoms with van der Waals surface area (Å²) in [7, 11) is 3.48. The molecule has 3 aromatic carbocycles. The quantitative estimate of drug-likeness (QED) is 0.522. The maximum atomic E-state index is 9.93. The summed E-state index contributed by atoms with van der Waals surface area (Å²) in [6.45, 7) is 5.05. The summed E-state index contributed by atoms with van der Waals surface area (Å²) in [4.78, 5) is 0. The molecule has 0 saturated heterocycles. The molecule has 0 spiro atoms. The molecule has 2 N–H and O–H groups in total. The van der Waals surface area contributed by atoms with Crippen molar-refractivity contribution >= 4 is 0 Å². The van der Waals surface area contributed by atoms with Gasteiger partial charge in [0.05, 0.1) is 7.11 Å². The zero-order valence-electron chi connectivity index (χ0n) is 19.7. The highest BCUT2D eigenvalue weighted by Gasteiger charge is 2.45. The maximum Gasteiger partial charge on any atom is 0.127 e. The van der Waals surface area contributed by atoms with E-state index in [1.807, 2.05) is 37.4 Å². The van der Waals surface area contributed by atoms with Crippen LogP contribution >= 0.6 is 0 Å². The second-order valence-corrected chi connectivity index (χ2v) is 9.07. The Morgan fingerprint density at radius 3 is 2.33 bits per heavy atom. The molecule has 1 aliphatic heterocycles. The minimum absolute atomic E-state index is 0.0981. The fraction of sp³-hybridized carbons (Fsp3) is 0.357. The second kappa shape index (κ2) is 9.86. The van der Waals surface area contributed by atoms with E-state index in [2.05, 4.69) is 61.6 Å². The number of nitrogens with one attached hydrogen (secondary N) is 1. The van der Waals surface area contributed by atoms with Crippen LogP contribution in [0.1, 0.15) is 42.4 Å². The lowest BCUT2D eigenvalue weighted by Gasteiger charge is -2.45. The van der Waals surface area contributed by atoms with E-state index < -0.39 is 11.7 Å². The molecule has 33 heavy (non-hydrogen) atoms. The van der Waals surface area contributed by atoms with Crippen LogP contribution in [0.3, 0.4) is 0 Å². The van der Waals surface area contributed by atoms with Crippen LogP contribution in [0.2, 0.25) is 0 Å². The van der Waals surface area contributed by atoms with Crippen LogP contribution in [0.5, 0.6) is 17.2 Å². The third kappa shape index (κ3) is 5.00. The standard InChI is InChI=1S/C28H33NO4/c1-28(2)27(20-8-6-5-7-9-20)26(24-15-14-23(31-4)16-25(24)33-28)19-10-12-22(13-11-19)32-18-21(30)17-29-3/h5-16,21,26-27,29-30H,17-18H2,1-4H3/t21-,26+,27-/m0/s1. The predicted molar refractivity (Wildman–Crippen MR) is 131 cm³/mol. The average molecular weight is 448 g/mol. The van der Waals surface area contributed by atoms with Crippen LogP contribution in [0.25, 0.3) is 0 Å². The Morgan fingerprint density at radius 2 is 1.67 bits per heavy atom. The van der Waals surface area contributed by atoms with Gasteiger partial charge in [-0.05, 0) is 50.2 Å². The molecule has 5 heteroatoms. The number of benzene rings is 3. The zero-order chi connectivity index (χ0) is 23.4. The van der Waals surface area contributed by atoms with Crippen LogP contribution in [0, 0.1) is 0 Å². The fourth-order valence-corrected chi connectivity index (χ4v) is 4.80. The number of hydrogen-bond acceptors (Lipinski definition) is 5. The van der Waals surface area contributed by atoms with E-state index >= 15 is 0 Å². The number of fused-ring (bicyclic) bond motifs is 1. The lowest BCUT2D eigenvalue weighted by molar-refractivity contribution is 0.0528. The van der Waals surface area contributed by atoms with Gasteiger partial charge < -0.3 is 24.6 Å². The average Bonchev–Trinajstić information content (AvgIpc) is 2.82. The molecule has 0 amide bonds. The smallest absolute Gasteiger partial charge is 0.127 e. The summed E-state index contributed by atoms with van der Waals surface area (Å²) in [5.74, 6) is 2.59. The molecule has 3 atom stereocenters. The van der Waals surface area contributed by atoms with Gasteiger partial charge in [-0.3, -0.25) is 0 Å². The van der Waals surface area contributed by atoms with Crippen LogP contribution in [-0.2, 0) is 0 Å². The molecule has 0 aliphatic carbocycles. The largest absolute Gasteiger partial charge is 0.497 e. The lowest BCUT2D eigenvalue weighted by Crippen LogP contribution is -2.43. The molecule has 0 saturated carbocycles. The molecule has 0 radical (unpaired) electrons. The van der Waals surface area contributed by atoms with E-state index in [9.17, 15) is 5.11 Å². The van der Waals surface area contributed by atoms with Crippen molar-refractivity contribution in [1.82, 2.24) is 5.32 Å². The van der Waals surface area contributed by atoms with E-state index in [-0.39, 0.29) is 18.4 Å². The summed E-state index contributed by atoms with van der Waals surface area (Å²) in [6.07, 6.45) is -0.546. The Balaban J connectivity index is 1.72. The summed E-state index contributed by atoms with van der Waals surface area (Å²) < 4.78 is 17.8. The third-order valence-corrected chi connectivity index (χ3v) is 6.29. The monoisotopic (exact) mass is 447 g/mol. The van der Waals surface area contributed by atoms with Gasteiger partial charge in [-0.25, -0.2) is 0 Å². The molecule has 1 heterocycles. The van der Waals surface area contributed by atoms with Crippen LogP contribution in [0.4, 0.5) is 0 Å². The van der Waals surface area contributed by atoms with Gasteiger partial charge in [0.15, 0.2) is 0 Å². The molecule has 5 nitrogen and oxygen atoms in total. The summed E-state index contributed by atoms with van der Waals surface area (Å²) in [5, 5.41) is 12.9. The molecule has 0 bridgehead atoms. The molecular weight excluding hydrogens is 414 g/mol. The third-order valence-electron chi connectivity index (χ3n) is 6.29. The number of ether oxygens (including phenoxy) is 3. The maximum absolute atomic E-state index is 9.93. The van der Waals surface area contributed by atoms with Gasteiger partial charge in [-0.2, -0.15) is 0 Å². The lowest BCUT2D eigenvalue weighted by atomic mass is 9.68. The SMILES string of the molecule is CNC[C@H](O)COc1ccc([C@@H]2c3ccc(OC)cc3OC(C)(C)[C@H]2c2ccccc2)cc1. The topological polar surface area (TPSA) is 60.0 Å². The number of methoxy groups -OCH3 is 1. The van der Waals surface area contributed by atoms with Gasteiger partial charge in [-0.1, -0.05) is 48.5 Å². The number of likely N-dealkylation sites (N-methyl/N-ethyl adjacent to an activating group) is 1. The number of aliphatic hydroxyl groups excluding tert-OH is 1. The first-order valence-electron chi connectivity index (χ1n) is 11.4. The predicted octanol–water partition coefficient (Wildman–Crippen LogP) is 4.74. The van der Waals surface area contributed by atoms with Gasteiger partial charge in [0, 0.05) is 30.0 Å². The Labute approximate surface area is 196 Å². The fourth-order valence-electron chi connectivity index (χ4n) is 4.80. The van der Waals surface area contributed by atoms with Crippen molar-refractivity contribution in [1.29, 1.82) is 0 Å². The normalized spacial score (nSPS) is 19.8. The first-order valence-corrected chi connectivity index (χ1v) is 11.4.